The third-order valence-corrected chi connectivity index (χ3v) is 6.22. The maximum absolute atomic E-state index is 13.6. The minimum absolute atomic E-state index is 0.0922. The average molecular weight is 508 g/mol. The Morgan fingerprint density at radius 3 is 2.70 bits per heavy atom. The summed E-state index contributed by atoms with van der Waals surface area (Å²) in [4.78, 5) is 2.16. The molecule has 1 saturated heterocycles. The van der Waals surface area contributed by atoms with Crippen molar-refractivity contribution >= 4 is 0 Å². The molecular formula is C29H34FN3O4. The van der Waals surface area contributed by atoms with Crippen LogP contribution in [-0.2, 0) is 22.4 Å². The summed E-state index contributed by atoms with van der Waals surface area (Å²) in [6, 6.07) is 15.7. The zero-order valence-corrected chi connectivity index (χ0v) is 21.2. The van der Waals surface area contributed by atoms with Crippen LogP contribution in [0.15, 0.2) is 54.6 Å². The second-order valence-corrected chi connectivity index (χ2v) is 9.09. The standard InChI is InChI=1S/C29H34FN3O4/c1-3-16-35-21-24(34)18-32(19-26-11-8-17-36-26)20-27-28(4-2)31-33(23-9-6-5-7-10-23)29(27)37-25-14-12-22(30)13-15-25/h1,5-7,9-10,12-15,24,26,34H,4,8,11,16-21H2,2H3/t24-,26-/m0/s1. The summed E-state index contributed by atoms with van der Waals surface area (Å²) in [6.45, 7) is 4.62. The number of rotatable bonds is 13. The minimum Gasteiger partial charge on any atom is -0.439 e. The molecule has 2 heterocycles. The minimum atomic E-state index is -0.717. The fraction of sp³-hybridized carbons (Fsp3) is 0.414. The van der Waals surface area contributed by atoms with Crippen LogP contribution in [0.1, 0.15) is 31.0 Å². The normalized spacial score (nSPS) is 16.1. The van der Waals surface area contributed by atoms with Gasteiger partial charge in [0.1, 0.15) is 18.2 Å². The number of hydrogen-bond acceptors (Lipinski definition) is 6. The lowest BCUT2D eigenvalue weighted by Crippen LogP contribution is -2.39. The number of para-hydroxylation sites is 1. The molecule has 1 N–H and O–H groups in total. The van der Waals surface area contributed by atoms with Crippen molar-refractivity contribution < 1.29 is 23.7 Å². The topological polar surface area (TPSA) is 69.0 Å². The van der Waals surface area contributed by atoms with E-state index in [1.807, 2.05) is 30.3 Å². The Kier molecular flexibility index (Phi) is 9.69. The molecule has 2 atom stereocenters. The van der Waals surface area contributed by atoms with Gasteiger partial charge in [0.05, 0.1) is 35.8 Å². The second kappa shape index (κ2) is 13.4. The number of aromatic nitrogens is 2. The van der Waals surface area contributed by atoms with E-state index in [1.165, 1.54) is 12.1 Å². The highest BCUT2D eigenvalue weighted by Gasteiger charge is 2.26. The van der Waals surface area contributed by atoms with E-state index in [-0.39, 0.29) is 25.1 Å². The first kappa shape index (κ1) is 26.8. The quantitative estimate of drug-likeness (QED) is 0.274. The molecule has 0 radical (unpaired) electrons. The number of aliphatic hydroxyl groups is 1. The van der Waals surface area contributed by atoms with Gasteiger partial charge in [-0.05, 0) is 55.7 Å². The molecule has 0 bridgehead atoms. The summed E-state index contributed by atoms with van der Waals surface area (Å²) in [5.74, 6) is 3.16. The summed E-state index contributed by atoms with van der Waals surface area (Å²) in [6.07, 6.45) is 7.34. The number of aryl methyl sites for hydroxylation is 1. The Balaban J connectivity index is 1.67. The zero-order chi connectivity index (χ0) is 26.0. The molecule has 196 valence electrons. The Morgan fingerprint density at radius 1 is 1.24 bits per heavy atom. The molecule has 1 fully saturated rings. The van der Waals surface area contributed by atoms with Crippen LogP contribution >= 0.6 is 0 Å². The number of terminal acetylenes is 1. The molecule has 8 heteroatoms. The smallest absolute Gasteiger partial charge is 0.227 e. The molecule has 0 unspecified atom stereocenters. The van der Waals surface area contributed by atoms with Gasteiger partial charge in [0, 0.05) is 26.2 Å². The van der Waals surface area contributed by atoms with Crippen molar-refractivity contribution in [1.29, 1.82) is 0 Å². The lowest BCUT2D eigenvalue weighted by Gasteiger charge is -2.27. The number of hydrogen-bond donors (Lipinski definition) is 1. The van der Waals surface area contributed by atoms with E-state index in [9.17, 15) is 9.50 Å². The van der Waals surface area contributed by atoms with Crippen molar-refractivity contribution in [2.75, 3.05) is 32.9 Å². The van der Waals surface area contributed by atoms with Crippen molar-refractivity contribution in [3.63, 3.8) is 0 Å². The summed E-state index contributed by atoms with van der Waals surface area (Å²) < 4.78 is 33.0. The largest absolute Gasteiger partial charge is 0.439 e. The highest BCUT2D eigenvalue weighted by atomic mass is 19.1. The Bertz CT molecular complexity index is 1150. The van der Waals surface area contributed by atoms with Crippen molar-refractivity contribution in [3.8, 4) is 29.7 Å². The molecule has 1 aromatic heterocycles. The first-order valence-electron chi connectivity index (χ1n) is 12.7. The summed E-state index contributed by atoms with van der Waals surface area (Å²) in [5.41, 5.74) is 2.65. The van der Waals surface area contributed by atoms with Crippen LogP contribution in [0, 0.1) is 18.2 Å². The molecule has 0 amide bonds. The SMILES string of the molecule is C#CCOC[C@@H](O)CN(Cc1c(CC)nn(-c2ccccc2)c1Oc1ccc(F)cc1)C[C@@H]1CCCO1. The molecule has 3 aromatic rings. The lowest BCUT2D eigenvalue weighted by molar-refractivity contribution is 0.00933. The highest BCUT2D eigenvalue weighted by molar-refractivity contribution is 5.43. The lowest BCUT2D eigenvalue weighted by atomic mass is 10.1. The van der Waals surface area contributed by atoms with Gasteiger partial charge >= 0.3 is 0 Å². The number of ether oxygens (including phenoxy) is 3. The van der Waals surface area contributed by atoms with Crippen LogP contribution in [0.25, 0.3) is 5.69 Å². The number of nitrogens with zero attached hydrogens (tertiary/aromatic N) is 3. The monoisotopic (exact) mass is 507 g/mol. The molecule has 37 heavy (non-hydrogen) atoms. The maximum Gasteiger partial charge on any atom is 0.227 e. The zero-order valence-electron chi connectivity index (χ0n) is 21.2. The molecule has 1 aliphatic heterocycles. The van der Waals surface area contributed by atoms with E-state index in [1.54, 1.807) is 16.8 Å². The van der Waals surface area contributed by atoms with E-state index in [4.69, 9.17) is 25.7 Å². The van der Waals surface area contributed by atoms with Gasteiger partial charge in [-0.25, -0.2) is 9.07 Å². The van der Waals surface area contributed by atoms with Gasteiger partial charge in [0.2, 0.25) is 5.88 Å². The molecule has 0 saturated carbocycles. The Hall–Kier alpha value is -3.22. The Morgan fingerprint density at radius 2 is 2.03 bits per heavy atom. The van der Waals surface area contributed by atoms with Gasteiger partial charge in [-0.2, -0.15) is 5.10 Å². The predicted molar refractivity (Wildman–Crippen MR) is 139 cm³/mol. The first-order chi connectivity index (χ1) is 18.1. The van der Waals surface area contributed by atoms with Crippen molar-refractivity contribution in [3.05, 3.63) is 71.7 Å². The first-order valence-corrected chi connectivity index (χ1v) is 12.7. The summed E-state index contributed by atoms with van der Waals surface area (Å²) in [5, 5.41) is 15.6. The third-order valence-electron chi connectivity index (χ3n) is 6.22. The van der Waals surface area contributed by atoms with Crippen LogP contribution in [0.2, 0.25) is 0 Å². The molecular weight excluding hydrogens is 473 g/mol. The second-order valence-electron chi connectivity index (χ2n) is 9.09. The number of halogens is 1. The van der Waals surface area contributed by atoms with E-state index in [0.717, 1.165) is 36.4 Å². The van der Waals surface area contributed by atoms with Crippen molar-refractivity contribution in [2.24, 2.45) is 0 Å². The van der Waals surface area contributed by atoms with Gasteiger partial charge in [-0.3, -0.25) is 4.90 Å². The summed E-state index contributed by atoms with van der Waals surface area (Å²) in [7, 11) is 0. The van der Waals surface area contributed by atoms with Crippen LogP contribution in [0.3, 0.4) is 0 Å². The van der Waals surface area contributed by atoms with Crippen molar-refractivity contribution in [1.82, 2.24) is 14.7 Å². The molecule has 7 nitrogen and oxygen atoms in total. The van der Waals surface area contributed by atoms with Gasteiger partial charge in [-0.15, -0.1) is 6.42 Å². The van der Waals surface area contributed by atoms with E-state index in [0.29, 0.717) is 37.7 Å². The Labute approximate surface area is 217 Å². The van der Waals surface area contributed by atoms with Crippen LogP contribution < -0.4 is 4.74 Å². The molecule has 0 aliphatic carbocycles. The number of benzene rings is 2. The third kappa shape index (κ3) is 7.40. The molecule has 0 spiro atoms. The molecule has 4 rings (SSSR count). The fourth-order valence-electron chi connectivity index (χ4n) is 4.49. The molecule has 1 aliphatic rings. The van der Waals surface area contributed by atoms with E-state index >= 15 is 0 Å². The van der Waals surface area contributed by atoms with Gasteiger partial charge in [0.15, 0.2) is 0 Å². The average Bonchev–Trinajstić information content (AvgIpc) is 3.54. The highest BCUT2D eigenvalue weighted by Crippen LogP contribution is 2.32. The predicted octanol–water partition coefficient (Wildman–Crippen LogP) is 4.36. The summed E-state index contributed by atoms with van der Waals surface area (Å²) >= 11 is 0. The van der Waals surface area contributed by atoms with Crippen LogP contribution in [0.5, 0.6) is 11.6 Å². The van der Waals surface area contributed by atoms with Gasteiger partial charge in [-0.1, -0.05) is 31.0 Å². The van der Waals surface area contributed by atoms with Crippen molar-refractivity contribution in [2.45, 2.75) is 44.9 Å². The van der Waals surface area contributed by atoms with Gasteiger partial charge < -0.3 is 19.3 Å². The fourth-order valence-corrected chi connectivity index (χ4v) is 4.49. The van der Waals surface area contributed by atoms with E-state index < -0.39 is 6.10 Å². The van der Waals surface area contributed by atoms with Crippen LogP contribution in [-0.4, -0.2) is 64.9 Å². The molecule has 2 aromatic carbocycles. The number of aliphatic hydroxyl groups excluding tert-OH is 1. The van der Waals surface area contributed by atoms with E-state index in [2.05, 4.69) is 17.7 Å². The van der Waals surface area contributed by atoms with Crippen LogP contribution in [0.4, 0.5) is 4.39 Å². The van der Waals surface area contributed by atoms with Gasteiger partial charge in [0.25, 0.3) is 0 Å². The maximum atomic E-state index is 13.6.